The van der Waals surface area contributed by atoms with E-state index in [1.165, 1.54) is 18.3 Å². The van der Waals surface area contributed by atoms with Crippen molar-refractivity contribution in [3.05, 3.63) is 59.2 Å². The maximum Gasteiger partial charge on any atom is 0.490 e. The van der Waals surface area contributed by atoms with Gasteiger partial charge in [0.15, 0.2) is 0 Å². The van der Waals surface area contributed by atoms with E-state index in [-0.39, 0.29) is 5.56 Å². The van der Waals surface area contributed by atoms with Crippen LogP contribution in [0, 0.1) is 29.1 Å². The van der Waals surface area contributed by atoms with Gasteiger partial charge in [0.05, 0.1) is 5.56 Å². The Balaban J connectivity index is 0.000000445. The molecule has 0 atom stereocenters. The van der Waals surface area contributed by atoms with Crippen molar-refractivity contribution in [2.24, 2.45) is 0 Å². The predicted molar refractivity (Wildman–Crippen MR) is 69.1 cm³/mol. The molecule has 5 nitrogen and oxygen atoms in total. The molecule has 27 heavy (non-hydrogen) atoms. The monoisotopic (exact) mass is 403 g/mol. The third kappa shape index (κ3) is 5.36. The number of benzene rings is 1. The molecule has 146 valence electrons. The van der Waals surface area contributed by atoms with Gasteiger partial charge in [-0.3, -0.25) is 4.98 Å². The number of aliphatic carboxylic acids is 1. The van der Waals surface area contributed by atoms with Crippen LogP contribution in [-0.4, -0.2) is 28.2 Å². The van der Waals surface area contributed by atoms with E-state index in [0.29, 0.717) is 0 Å². The lowest BCUT2D eigenvalue weighted by Crippen LogP contribution is -2.21. The average molecular weight is 403 g/mol. The average Bonchev–Trinajstić information content (AvgIpc) is 2.62. The summed E-state index contributed by atoms with van der Waals surface area (Å²) >= 11 is 0. The number of nitrogens with zero attached hydrogens (tertiary/aromatic N) is 1. The number of alkyl halides is 3. The summed E-state index contributed by atoms with van der Waals surface area (Å²) in [6.07, 6.45) is -2.76. The van der Waals surface area contributed by atoms with Gasteiger partial charge in [-0.15, -0.1) is 0 Å². The molecule has 0 aliphatic heterocycles. The van der Waals surface area contributed by atoms with Crippen LogP contribution >= 0.6 is 0 Å². The molecule has 2 aromatic rings. The van der Waals surface area contributed by atoms with Crippen molar-refractivity contribution < 1.29 is 54.6 Å². The molecular weight excluding hydrogens is 398 g/mol. The molecule has 0 saturated heterocycles. The van der Waals surface area contributed by atoms with Crippen LogP contribution in [-0.2, 0) is 4.79 Å². The molecule has 0 unspecified atom stereocenters. The largest absolute Gasteiger partial charge is 0.490 e. The SMILES string of the molecule is O=C(O)C(F)(F)F.O=C(Oc1c(F)c(F)c(F)c(F)c1F)c1cccnc1. The van der Waals surface area contributed by atoms with Crippen molar-refractivity contribution in [3.63, 3.8) is 0 Å². The van der Waals surface area contributed by atoms with Crippen molar-refractivity contribution in [3.8, 4) is 5.75 Å². The molecule has 0 saturated carbocycles. The Morgan fingerprint density at radius 1 is 0.926 bits per heavy atom. The van der Waals surface area contributed by atoms with E-state index in [1.807, 2.05) is 0 Å². The third-order valence-electron chi connectivity index (χ3n) is 2.50. The fourth-order valence-corrected chi connectivity index (χ4v) is 1.31. The van der Waals surface area contributed by atoms with E-state index in [4.69, 9.17) is 9.90 Å². The van der Waals surface area contributed by atoms with E-state index < -0.39 is 53.0 Å². The highest BCUT2D eigenvalue weighted by atomic mass is 19.4. The van der Waals surface area contributed by atoms with Crippen molar-refractivity contribution in [1.82, 2.24) is 4.98 Å². The topological polar surface area (TPSA) is 76.5 Å². The summed E-state index contributed by atoms with van der Waals surface area (Å²) in [6.45, 7) is 0. The van der Waals surface area contributed by atoms with Gasteiger partial charge in [0.25, 0.3) is 0 Å². The number of pyridine rings is 1. The van der Waals surface area contributed by atoms with Crippen LogP contribution in [0.25, 0.3) is 0 Å². The Bertz CT molecular complexity index is 825. The number of hydrogen-bond donors (Lipinski definition) is 1. The molecule has 1 N–H and O–H groups in total. The van der Waals surface area contributed by atoms with Gasteiger partial charge in [-0.2, -0.15) is 22.0 Å². The Kier molecular flexibility index (Phi) is 6.80. The smallest absolute Gasteiger partial charge is 0.475 e. The molecule has 0 amide bonds. The molecule has 13 heteroatoms. The van der Waals surface area contributed by atoms with Crippen molar-refractivity contribution in [2.75, 3.05) is 0 Å². The maximum absolute atomic E-state index is 13.3. The van der Waals surface area contributed by atoms with Crippen LogP contribution in [0.1, 0.15) is 10.4 Å². The van der Waals surface area contributed by atoms with Gasteiger partial charge in [0.1, 0.15) is 0 Å². The van der Waals surface area contributed by atoms with Gasteiger partial charge in [0.2, 0.25) is 34.8 Å². The number of carbonyl (C=O) groups is 2. The highest BCUT2D eigenvalue weighted by molar-refractivity contribution is 5.90. The van der Waals surface area contributed by atoms with Crippen LogP contribution in [0.2, 0.25) is 0 Å². The van der Waals surface area contributed by atoms with E-state index in [9.17, 15) is 39.9 Å². The number of carbonyl (C=O) groups excluding carboxylic acids is 1. The molecule has 0 radical (unpaired) electrons. The third-order valence-corrected chi connectivity index (χ3v) is 2.50. The standard InChI is InChI=1S/C12H4F5NO2.C2HF3O2/c13-6-7(14)9(16)11(10(17)8(6)15)20-12(19)5-2-1-3-18-4-5;3-2(4,5)1(6)7/h1-4H;(H,6,7). The van der Waals surface area contributed by atoms with Gasteiger partial charge in [-0.25, -0.2) is 22.8 Å². The number of aromatic nitrogens is 1. The maximum atomic E-state index is 13.3. The second-order valence-corrected chi connectivity index (χ2v) is 4.33. The van der Waals surface area contributed by atoms with Crippen LogP contribution in [0.5, 0.6) is 5.75 Å². The number of rotatable bonds is 2. The van der Waals surface area contributed by atoms with E-state index in [2.05, 4.69) is 9.72 Å². The summed E-state index contributed by atoms with van der Waals surface area (Å²) < 4.78 is 101. The lowest BCUT2D eigenvalue weighted by molar-refractivity contribution is -0.192. The zero-order valence-electron chi connectivity index (χ0n) is 12.5. The normalized spacial score (nSPS) is 10.7. The number of hydrogen-bond acceptors (Lipinski definition) is 4. The summed E-state index contributed by atoms with van der Waals surface area (Å²) in [4.78, 5) is 23.9. The van der Waals surface area contributed by atoms with Crippen molar-refractivity contribution in [2.45, 2.75) is 6.18 Å². The number of carboxylic acids is 1. The highest BCUT2D eigenvalue weighted by Crippen LogP contribution is 2.29. The highest BCUT2D eigenvalue weighted by Gasteiger charge is 2.38. The molecule has 1 heterocycles. The molecule has 2 rings (SSSR count). The molecule has 0 aliphatic rings. The van der Waals surface area contributed by atoms with Gasteiger partial charge in [0, 0.05) is 12.4 Å². The number of esters is 1. The minimum atomic E-state index is -5.08. The summed E-state index contributed by atoms with van der Waals surface area (Å²) in [5, 5.41) is 7.12. The number of carboxylic acid groups (broad SMARTS) is 1. The predicted octanol–water partition coefficient (Wildman–Crippen LogP) is 3.63. The molecule has 1 aromatic heterocycles. The molecule has 0 aliphatic carbocycles. The molecule has 1 aromatic carbocycles. The van der Waals surface area contributed by atoms with Crippen molar-refractivity contribution >= 4 is 11.9 Å². The molecule has 0 spiro atoms. The summed E-state index contributed by atoms with van der Waals surface area (Å²) in [5.41, 5.74) is -0.212. The summed E-state index contributed by atoms with van der Waals surface area (Å²) in [5.74, 6) is -16.9. The van der Waals surface area contributed by atoms with Crippen LogP contribution in [0.4, 0.5) is 35.1 Å². The van der Waals surface area contributed by atoms with Crippen molar-refractivity contribution in [1.29, 1.82) is 0 Å². The Labute approximate surface area is 143 Å². The fraction of sp³-hybridized carbons (Fsp3) is 0.0714. The number of ether oxygens (including phenoxy) is 1. The Morgan fingerprint density at radius 2 is 1.37 bits per heavy atom. The minimum Gasteiger partial charge on any atom is -0.475 e. The minimum absolute atomic E-state index is 0.212. The first-order valence-electron chi connectivity index (χ1n) is 6.31. The zero-order chi connectivity index (χ0) is 20.9. The first kappa shape index (κ1) is 21.8. The van der Waals surface area contributed by atoms with Gasteiger partial charge in [-0.1, -0.05) is 0 Å². The van der Waals surface area contributed by atoms with E-state index in [1.54, 1.807) is 0 Å². The quantitative estimate of drug-likeness (QED) is 0.273. The Morgan fingerprint density at radius 3 is 1.74 bits per heavy atom. The zero-order valence-corrected chi connectivity index (χ0v) is 12.5. The van der Waals surface area contributed by atoms with Gasteiger partial charge < -0.3 is 9.84 Å². The lowest BCUT2D eigenvalue weighted by atomic mass is 10.2. The van der Waals surface area contributed by atoms with Crippen LogP contribution in [0.15, 0.2) is 24.5 Å². The van der Waals surface area contributed by atoms with E-state index >= 15 is 0 Å². The first-order chi connectivity index (χ1) is 12.4. The first-order valence-corrected chi connectivity index (χ1v) is 6.31. The Hall–Kier alpha value is -3.25. The summed E-state index contributed by atoms with van der Waals surface area (Å²) in [6, 6.07) is 2.52. The summed E-state index contributed by atoms with van der Waals surface area (Å²) in [7, 11) is 0. The molecule has 0 fully saturated rings. The van der Waals surface area contributed by atoms with Gasteiger partial charge >= 0.3 is 18.1 Å². The van der Waals surface area contributed by atoms with E-state index in [0.717, 1.165) is 6.20 Å². The molecular formula is C14H5F8NO4. The fourth-order valence-electron chi connectivity index (χ4n) is 1.31. The van der Waals surface area contributed by atoms with Gasteiger partial charge in [-0.05, 0) is 12.1 Å². The van der Waals surface area contributed by atoms with Crippen LogP contribution in [0.3, 0.4) is 0 Å². The van der Waals surface area contributed by atoms with Crippen LogP contribution < -0.4 is 4.74 Å². The molecule has 0 bridgehead atoms. The lowest BCUT2D eigenvalue weighted by Gasteiger charge is -2.08. The second-order valence-electron chi connectivity index (χ2n) is 4.33. The second kappa shape index (κ2) is 8.42. The number of halogens is 8.